The number of aromatic amines is 1. The molecule has 1 N–H and O–H groups in total. The highest BCUT2D eigenvalue weighted by molar-refractivity contribution is 7.90. The zero-order valence-corrected chi connectivity index (χ0v) is 10.8. The van der Waals surface area contributed by atoms with Gasteiger partial charge < -0.3 is 0 Å². The highest BCUT2D eigenvalue weighted by Gasteiger charge is 2.08. The molecule has 0 atom stereocenters. The third-order valence-corrected chi connectivity index (χ3v) is 3.65. The minimum absolute atomic E-state index is 0.230. The highest BCUT2D eigenvalue weighted by Crippen LogP contribution is 2.18. The molecule has 5 nitrogen and oxygen atoms in total. The van der Waals surface area contributed by atoms with E-state index in [0.29, 0.717) is 16.8 Å². The van der Waals surface area contributed by atoms with E-state index in [1.165, 1.54) is 12.1 Å². The average Bonchev–Trinajstić information content (AvgIpc) is 2.31. The second-order valence-electron chi connectivity index (χ2n) is 4.05. The van der Waals surface area contributed by atoms with Crippen molar-refractivity contribution in [1.29, 1.82) is 0 Å². The van der Waals surface area contributed by atoms with Crippen LogP contribution in [0.25, 0.3) is 11.1 Å². The molecule has 2 rings (SSSR count). The molecule has 0 saturated heterocycles. The van der Waals surface area contributed by atoms with Gasteiger partial charge >= 0.3 is 0 Å². The predicted octanol–water partition coefficient (Wildman–Crippen LogP) is 1.15. The zero-order chi connectivity index (χ0) is 13.3. The van der Waals surface area contributed by atoms with Crippen LogP contribution in [0.2, 0.25) is 0 Å². The molecule has 0 aliphatic rings. The average molecular weight is 264 g/mol. The maximum absolute atomic E-state index is 11.6. The number of aryl methyl sites for hydroxylation is 1. The molecule has 0 fully saturated rings. The fourth-order valence-electron chi connectivity index (χ4n) is 1.60. The number of hydrogen-bond donors (Lipinski definition) is 1. The lowest BCUT2D eigenvalue weighted by atomic mass is 10.1. The van der Waals surface area contributed by atoms with Gasteiger partial charge in [0, 0.05) is 6.26 Å². The summed E-state index contributed by atoms with van der Waals surface area (Å²) in [6.07, 6.45) is 1.14. The van der Waals surface area contributed by atoms with Crippen LogP contribution >= 0.6 is 0 Å². The van der Waals surface area contributed by atoms with Gasteiger partial charge in [0.05, 0.1) is 16.2 Å². The normalized spacial score (nSPS) is 11.4. The second-order valence-corrected chi connectivity index (χ2v) is 6.06. The van der Waals surface area contributed by atoms with Gasteiger partial charge in [0.1, 0.15) is 0 Å². The molecular weight excluding hydrogens is 252 g/mol. The summed E-state index contributed by atoms with van der Waals surface area (Å²) in [7, 11) is -3.22. The molecule has 2 aromatic rings. The molecule has 6 heteroatoms. The van der Waals surface area contributed by atoms with E-state index in [4.69, 9.17) is 0 Å². The van der Waals surface area contributed by atoms with Gasteiger partial charge in [-0.05, 0) is 30.7 Å². The van der Waals surface area contributed by atoms with Crippen LogP contribution in [0.3, 0.4) is 0 Å². The van der Waals surface area contributed by atoms with Gasteiger partial charge in [0.25, 0.3) is 5.56 Å². The minimum atomic E-state index is -3.22. The monoisotopic (exact) mass is 264 g/mol. The van der Waals surface area contributed by atoms with Crippen molar-refractivity contribution in [3.8, 4) is 11.1 Å². The molecule has 0 aliphatic heterocycles. The highest BCUT2D eigenvalue weighted by atomic mass is 32.2. The first kappa shape index (κ1) is 12.5. The van der Waals surface area contributed by atoms with Crippen LogP contribution in [-0.4, -0.2) is 24.9 Å². The van der Waals surface area contributed by atoms with Crippen LogP contribution in [-0.2, 0) is 9.84 Å². The number of rotatable bonds is 2. The summed E-state index contributed by atoms with van der Waals surface area (Å²) in [5, 5.41) is 6.18. The van der Waals surface area contributed by atoms with Gasteiger partial charge in [0.15, 0.2) is 9.84 Å². The van der Waals surface area contributed by atoms with Crippen molar-refractivity contribution in [3.05, 3.63) is 46.4 Å². The Bertz CT molecular complexity index is 731. The lowest BCUT2D eigenvalue weighted by molar-refractivity contribution is 0.602. The maximum Gasteiger partial charge on any atom is 0.272 e. The van der Waals surface area contributed by atoms with Gasteiger partial charge in [-0.2, -0.15) is 5.10 Å². The first-order valence-electron chi connectivity index (χ1n) is 5.25. The van der Waals surface area contributed by atoms with E-state index in [1.54, 1.807) is 25.1 Å². The molecule has 0 aliphatic carbocycles. The van der Waals surface area contributed by atoms with Crippen LogP contribution in [0, 0.1) is 6.92 Å². The molecule has 18 heavy (non-hydrogen) atoms. The number of H-pyrrole nitrogens is 1. The molecule has 1 aromatic carbocycles. The third-order valence-electron chi connectivity index (χ3n) is 2.53. The fraction of sp³-hybridized carbons (Fsp3) is 0.167. The van der Waals surface area contributed by atoms with E-state index in [2.05, 4.69) is 10.2 Å². The van der Waals surface area contributed by atoms with Crippen LogP contribution in [0.15, 0.2) is 40.0 Å². The molecule has 0 unspecified atom stereocenters. The standard InChI is InChI=1S/C12H12N2O3S/c1-8-7-11(12(15)14-13-8)9-3-5-10(6-4-9)18(2,16)17/h3-7H,1-2H3,(H,14,15). The number of nitrogens with zero attached hydrogens (tertiary/aromatic N) is 1. The van der Waals surface area contributed by atoms with E-state index in [0.717, 1.165) is 6.26 Å². The third kappa shape index (κ3) is 2.48. The predicted molar refractivity (Wildman–Crippen MR) is 68.1 cm³/mol. The molecule has 0 amide bonds. The lowest BCUT2D eigenvalue weighted by Crippen LogP contribution is -2.11. The Hall–Kier alpha value is -1.95. The zero-order valence-electron chi connectivity index (χ0n) is 9.97. The number of sulfone groups is 1. The van der Waals surface area contributed by atoms with E-state index < -0.39 is 9.84 Å². The molecule has 94 valence electrons. The number of nitrogens with one attached hydrogen (secondary N) is 1. The molecular formula is C12H12N2O3S. The summed E-state index contributed by atoms with van der Waals surface area (Å²) in [6, 6.07) is 7.86. The summed E-state index contributed by atoms with van der Waals surface area (Å²) in [6.45, 7) is 1.77. The van der Waals surface area contributed by atoms with Gasteiger partial charge in [-0.15, -0.1) is 0 Å². The van der Waals surface area contributed by atoms with Gasteiger partial charge in [0.2, 0.25) is 0 Å². The van der Waals surface area contributed by atoms with E-state index in [9.17, 15) is 13.2 Å². The molecule has 0 radical (unpaired) electrons. The molecule has 0 bridgehead atoms. The van der Waals surface area contributed by atoms with Gasteiger partial charge in [-0.1, -0.05) is 12.1 Å². The lowest BCUT2D eigenvalue weighted by Gasteiger charge is -2.03. The van der Waals surface area contributed by atoms with Crippen LogP contribution in [0.5, 0.6) is 0 Å². The Morgan fingerprint density at radius 1 is 1.17 bits per heavy atom. The number of aromatic nitrogens is 2. The minimum Gasteiger partial charge on any atom is -0.267 e. The Kier molecular flexibility index (Phi) is 3.04. The Morgan fingerprint density at radius 2 is 1.78 bits per heavy atom. The second kappa shape index (κ2) is 4.38. The Labute approximate surface area is 104 Å². The smallest absolute Gasteiger partial charge is 0.267 e. The summed E-state index contributed by atoms with van der Waals surface area (Å²) >= 11 is 0. The van der Waals surface area contributed by atoms with Crippen molar-refractivity contribution in [2.24, 2.45) is 0 Å². The van der Waals surface area contributed by atoms with Crippen LogP contribution in [0.1, 0.15) is 5.69 Å². The van der Waals surface area contributed by atoms with Crippen molar-refractivity contribution in [2.75, 3.05) is 6.26 Å². The summed E-state index contributed by atoms with van der Waals surface area (Å²) in [5.74, 6) is 0. The van der Waals surface area contributed by atoms with Crippen molar-refractivity contribution in [2.45, 2.75) is 11.8 Å². The SMILES string of the molecule is Cc1cc(-c2ccc(S(C)(=O)=O)cc2)c(=O)[nH]n1. The Morgan fingerprint density at radius 3 is 2.33 bits per heavy atom. The fourth-order valence-corrected chi connectivity index (χ4v) is 2.23. The topological polar surface area (TPSA) is 79.9 Å². The van der Waals surface area contributed by atoms with Crippen molar-refractivity contribution in [1.82, 2.24) is 10.2 Å². The quantitative estimate of drug-likeness (QED) is 0.882. The van der Waals surface area contributed by atoms with Crippen molar-refractivity contribution >= 4 is 9.84 Å². The molecule has 0 spiro atoms. The summed E-state index contributed by atoms with van der Waals surface area (Å²) < 4.78 is 22.6. The van der Waals surface area contributed by atoms with E-state index in [1.807, 2.05) is 0 Å². The van der Waals surface area contributed by atoms with Crippen LogP contribution < -0.4 is 5.56 Å². The maximum atomic E-state index is 11.6. The van der Waals surface area contributed by atoms with E-state index >= 15 is 0 Å². The molecule has 1 aromatic heterocycles. The number of benzene rings is 1. The van der Waals surface area contributed by atoms with Crippen molar-refractivity contribution < 1.29 is 8.42 Å². The largest absolute Gasteiger partial charge is 0.272 e. The number of hydrogen-bond acceptors (Lipinski definition) is 4. The first-order valence-corrected chi connectivity index (χ1v) is 7.14. The first-order chi connectivity index (χ1) is 8.38. The van der Waals surface area contributed by atoms with E-state index in [-0.39, 0.29) is 10.5 Å². The molecule has 0 saturated carbocycles. The van der Waals surface area contributed by atoms with Gasteiger partial charge in [-0.3, -0.25) is 4.79 Å². The van der Waals surface area contributed by atoms with Crippen molar-refractivity contribution in [3.63, 3.8) is 0 Å². The Balaban J connectivity index is 2.53. The van der Waals surface area contributed by atoms with Crippen LogP contribution in [0.4, 0.5) is 0 Å². The summed E-state index contributed by atoms with van der Waals surface area (Å²) in [5.41, 5.74) is 1.53. The van der Waals surface area contributed by atoms with Gasteiger partial charge in [-0.25, -0.2) is 13.5 Å². The molecule has 1 heterocycles. The summed E-state index contributed by atoms with van der Waals surface area (Å²) in [4.78, 5) is 11.8.